The van der Waals surface area contributed by atoms with Crippen LogP contribution in [0.4, 0.5) is 0 Å². The van der Waals surface area contributed by atoms with Crippen molar-refractivity contribution >= 4 is 16.9 Å². The first kappa shape index (κ1) is 14.6. The van der Waals surface area contributed by atoms with Gasteiger partial charge in [0.25, 0.3) is 0 Å². The number of unbranched alkanes of at least 4 members (excludes halogenated alkanes) is 1. The van der Waals surface area contributed by atoms with Crippen molar-refractivity contribution in [3.05, 3.63) is 35.5 Å². The Morgan fingerprint density at radius 2 is 2.15 bits per heavy atom. The number of carbonyl (C=O) groups is 1. The quantitative estimate of drug-likeness (QED) is 0.647. The first-order chi connectivity index (χ1) is 9.74. The standard InChI is InChI=1S/C15H20N2O3/c1-20-9-5-4-8-16-10-12-11-6-2-3-7-13(11)17-14(12)15(18)19/h2-3,6-7,16-17H,4-5,8-10H2,1H3,(H,18,19). The summed E-state index contributed by atoms with van der Waals surface area (Å²) in [5.41, 5.74) is 1.96. The van der Waals surface area contributed by atoms with E-state index in [0.717, 1.165) is 42.5 Å². The van der Waals surface area contributed by atoms with Gasteiger partial charge in [0.1, 0.15) is 5.69 Å². The second-order valence-electron chi connectivity index (χ2n) is 4.71. The van der Waals surface area contributed by atoms with Crippen LogP contribution in [-0.2, 0) is 11.3 Å². The van der Waals surface area contributed by atoms with Crippen LogP contribution < -0.4 is 5.32 Å². The SMILES string of the molecule is COCCCCNCc1c(C(=O)O)[nH]c2ccccc12. The Balaban J connectivity index is 2.04. The molecule has 5 heteroatoms. The van der Waals surface area contributed by atoms with Crippen molar-refractivity contribution in [1.82, 2.24) is 10.3 Å². The minimum absolute atomic E-state index is 0.274. The van der Waals surface area contributed by atoms with E-state index < -0.39 is 5.97 Å². The van der Waals surface area contributed by atoms with E-state index in [1.165, 1.54) is 0 Å². The molecule has 1 aromatic carbocycles. The van der Waals surface area contributed by atoms with Crippen LogP contribution in [0.5, 0.6) is 0 Å². The number of hydrogen-bond donors (Lipinski definition) is 3. The third-order valence-corrected chi connectivity index (χ3v) is 3.28. The number of hydrogen-bond acceptors (Lipinski definition) is 3. The van der Waals surface area contributed by atoms with Gasteiger partial charge in [0.05, 0.1) is 0 Å². The molecular weight excluding hydrogens is 256 g/mol. The summed E-state index contributed by atoms with van der Waals surface area (Å²) < 4.78 is 4.99. The van der Waals surface area contributed by atoms with Crippen LogP contribution in [-0.4, -0.2) is 36.3 Å². The van der Waals surface area contributed by atoms with Gasteiger partial charge in [0.2, 0.25) is 0 Å². The minimum Gasteiger partial charge on any atom is -0.477 e. The molecule has 0 saturated carbocycles. The van der Waals surface area contributed by atoms with Crippen LogP contribution in [0.2, 0.25) is 0 Å². The molecule has 2 aromatic rings. The summed E-state index contributed by atoms with van der Waals surface area (Å²) in [6, 6.07) is 7.65. The fourth-order valence-corrected chi connectivity index (χ4v) is 2.28. The van der Waals surface area contributed by atoms with Crippen molar-refractivity contribution in [1.29, 1.82) is 0 Å². The van der Waals surface area contributed by atoms with E-state index in [4.69, 9.17) is 4.74 Å². The van der Waals surface area contributed by atoms with Gasteiger partial charge < -0.3 is 20.1 Å². The molecule has 0 radical (unpaired) electrons. The summed E-state index contributed by atoms with van der Waals surface area (Å²) in [7, 11) is 1.69. The zero-order chi connectivity index (χ0) is 14.4. The van der Waals surface area contributed by atoms with Gasteiger partial charge in [-0.2, -0.15) is 0 Å². The molecule has 3 N–H and O–H groups in total. The smallest absolute Gasteiger partial charge is 0.352 e. The molecule has 0 amide bonds. The maximum Gasteiger partial charge on any atom is 0.352 e. The summed E-state index contributed by atoms with van der Waals surface area (Å²) in [6.45, 7) is 2.16. The lowest BCUT2D eigenvalue weighted by atomic mass is 10.1. The molecule has 5 nitrogen and oxygen atoms in total. The molecule has 0 fully saturated rings. The Morgan fingerprint density at radius 1 is 1.35 bits per heavy atom. The van der Waals surface area contributed by atoms with Gasteiger partial charge in [-0.05, 0) is 25.5 Å². The minimum atomic E-state index is -0.919. The molecule has 1 aromatic heterocycles. The normalized spacial score (nSPS) is 11.1. The Hall–Kier alpha value is -1.85. The molecule has 0 aliphatic rings. The van der Waals surface area contributed by atoms with Gasteiger partial charge in [0.15, 0.2) is 0 Å². The summed E-state index contributed by atoms with van der Waals surface area (Å²) in [6.07, 6.45) is 2.02. The van der Waals surface area contributed by atoms with Crippen LogP contribution in [0, 0.1) is 0 Å². The van der Waals surface area contributed by atoms with Gasteiger partial charge in [-0.15, -0.1) is 0 Å². The second kappa shape index (κ2) is 7.07. The molecule has 0 spiro atoms. The zero-order valence-corrected chi connectivity index (χ0v) is 11.6. The van der Waals surface area contributed by atoms with Crippen molar-refractivity contribution in [2.75, 3.05) is 20.3 Å². The van der Waals surface area contributed by atoms with Crippen molar-refractivity contribution < 1.29 is 14.6 Å². The Kier molecular flexibility index (Phi) is 5.15. The van der Waals surface area contributed by atoms with E-state index in [-0.39, 0.29) is 5.69 Å². The van der Waals surface area contributed by atoms with E-state index >= 15 is 0 Å². The van der Waals surface area contributed by atoms with Crippen LogP contribution in [0.15, 0.2) is 24.3 Å². The summed E-state index contributed by atoms with van der Waals surface area (Å²) >= 11 is 0. The van der Waals surface area contributed by atoms with Gasteiger partial charge in [-0.25, -0.2) is 4.79 Å². The molecule has 0 saturated heterocycles. The van der Waals surface area contributed by atoms with Crippen LogP contribution in [0.25, 0.3) is 10.9 Å². The van der Waals surface area contributed by atoms with E-state index in [1.807, 2.05) is 24.3 Å². The average Bonchev–Trinajstić information content (AvgIpc) is 2.82. The number of ether oxygens (including phenoxy) is 1. The highest BCUT2D eigenvalue weighted by Crippen LogP contribution is 2.22. The first-order valence-corrected chi connectivity index (χ1v) is 6.76. The first-order valence-electron chi connectivity index (χ1n) is 6.76. The monoisotopic (exact) mass is 276 g/mol. The fourth-order valence-electron chi connectivity index (χ4n) is 2.28. The molecular formula is C15H20N2O3. The highest BCUT2D eigenvalue weighted by Gasteiger charge is 2.15. The van der Waals surface area contributed by atoms with Crippen molar-refractivity contribution in [3.63, 3.8) is 0 Å². The summed E-state index contributed by atoms with van der Waals surface area (Å²) in [5.74, 6) is -0.919. The predicted molar refractivity (Wildman–Crippen MR) is 78.1 cm³/mol. The van der Waals surface area contributed by atoms with E-state index in [1.54, 1.807) is 7.11 Å². The number of carboxylic acid groups (broad SMARTS) is 1. The van der Waals surface area contributed by atoms with Gasteiger partial charge in [0, 0.05) is 36.7 Å². The fraction of sp³-hybridized carbons (Fsp3) is 0.400. The summed E-state index contributed by atoms with van der Waals surface area (Å²) in [5, 5.41) is 13.5. The lowest BCUT2D eigenvalue weighted by Gasteiger charge is -2.05. The van der Waals surface area contributed by atoms with Crippen molar-refractivity contribution in [3.8, 4) is 0 Å². The highest BCUT2D eigenvalue weighted by atomic mass is 16.5. The molecule has 0 bridgehead atoms. The maximum atomic E-state index is 11.3. The number of aromatic nitrogens is 1. The lowest BCUT2D eigenvalue weighted by Crippen LogP contribution is -2.17. The molecule has 1 heterocycles. The number of para-hydroxylation sites is 1. The molecule has 2 rings (SSSR count). The second-order valence-corrected chi connectivity index (χ2v) is 4.71. The number of aromatic amines is 1. The van der Waals surface area contributed by atoms with Gasteiger partial charge in [-0.3, -0.25) is 0 Å². The Labute approximate surface area is 117 Å². The number of rotatable bonds is 8. The van der Waals surface area contributed by atoms with E-state index in [0.29, 0.717) is 6.54 Å². The predicted octanol–water partition coefficient (Wildman–Crippen LogP) is 2.38. The average molecular weight is 276 g/mol. The topological polar surface area (TPSA) is 74.3 Å². The largest absolute Gasteiger partial charge is 0.477 e. The lowest BCUT2D eigenvalue weighted by molar-refractivity contribution is 0.0690. The number of carboxylic acids is 1. The van der Waals surface area contributed by atoms with Crippen molar-refractivity contribution in [2.24, 2.45) is 0 Å². The molecule has 0 atom stereocenters. The molecule has 0 aliphatic heterocycles. The number of H-pyrrole nitrogens is 1. The number of benzene rings is 1. The zero-order valence-electron chi connectivity index (χ0n) is 11.6. The number of methoxy groups -OCH3 is 1. The Bertz CT molecular complexity index is 578. The van der Waals surface area contributed by atoms with Gasteiger partial charge >= 0.3 is 5.97 Å². The highest BCUT2D eigenvalue weighted by molar-refractivity contribution is 5.97. The van der Waals surface area contributed by atoms with Gasteiger partial charge in [-0.1, -0.05) is 18.2 Å². The molecule has 0 aliphatic carbocycles. The molecule has 108 valence electrons. The summed E-state index contributed by atoms with van der Waals surface area (Å²) in [4.78, 5) is 14.3. The van der Waals surface area contributed by atoms with Crippen LogP contribution >= 0.6 is 0 Å². The van der Waals surface area contributed by atoms with E-state index in [2.05, 4.69) is 10.3 Å². The van der Waals surface area contributed by atoms with E-state index in [9.17, 15) is 9.90 Å². The number of aromatic carboxylic acids is 1. The van der Waals surface area contributed by atoms with Crippen LogP contribution in [0.3, 0.4) is 0 Å². The third kappa shape index (κ3) is 3.37. The maximum absolute atomic E-state index is 11.3. The molecule has 0 unspecified atom stereocenters. The van der Waals surface area contributed by atoms with Crippen LogP contribution in [0.1, 0.15) is 28.9 Å². The third-order valence-electron chi connectivity index (χ3n) is 3.28. The number of nitrogens with one attached hydrogen (secondary N) is 2. The molecule has 20 heavy (non-hydrogen) atoms. The number of fused-ring (bicyclic) bond motifs is 1. The van der Waals surface area contributed by atoms with Crippen molar-refractivity contribution in [2.45, 2.75) is 19.4 Å². The Morgan fingerprint density at radius 3 is 2.90 bits per heavy atom.